The van der Waals surface area contributed by atoms with Crippen LogP contribution in [0.25, 0.3) is 10.9 Å². The molecule has 4 aromatic rings. The largest absolute Gasteiger partial charge is 0.345 e. The Hall–Kier alpha value is -3.40. The molecular formula is C26H25N3O. The van der Waals surface area contributed by atoms with Gasteiger partial charge in [-0.05, 0) is 55.0 Å². The molecule has 0 fully saturated rings. The molecule has 1 atom stereocenters. The molecule has 4 nitrogen and oxygen atoms in total. The molecule has 0 aliphatic heterocycles. The van der Waals surface area contributed by atoms with E-state index in [1.165, 1.54) is 22.3 Å². The summed E-state index contributed by atoms with van der Waals surface area (Å²) in [5, 5.41) is 8.84. The van der Waals surface area contributed by atoms with Crippen LogP contribution in [-0.4, -0.2) is 15.7 Å². The van der Waals surface area contributed by atoms with Crippen LogP contribution in [0.2, 0.25) is 0 Å². The zero-order chi connectivity index (χ0) is 20.5. The second-order valence-corrected chi connectivity index (χ2v) is 8.18. The number of benzene rings is 3. The van der Waals surface area contributed by atoms with Gasteiger partial charge in [-0.25, -0.2) is 0 Å². The van der Waals surface area contributed by atoms with Gasteiger partial charge in [-0.3, -0.25) is 9.48 Å². The number of aryl methyl sites for hydroxylation is 2. The van der Waals surface area contributed by atoms with Crippen LogP contribution in [0.1, 0.15) is 51.5 Å². The lowest BCUT2D eigenvalue weighted by molar-refractivity contribution is 0.0933. The maximum atomic E-state index is 13.1. The summed E-state index contributed by atoms with van der Waals surface area (Å²) in [5.41, 5.74) is 6.69. The van der Waals surface area contributed by atoms with Crippen molar-refractivity contribution >= 4 is 16.8 Å². The summed E-state index contributed by atoms with van der Waals surface area (Å²) in [4.78, 5) is 13.1. The fourth-order valence-electron chi connectivity index (χ4n) is 4.35. The van der Waals surface area contributed by atoms with Gasteiger partial charge in [0, 0.05) is 10.9 Å². The molecule has 3 aromatic carbocycles. The lowest BCUT2D eigenvalue weighted by Gasteiger charge is -2.26. The third-order valence-electron chi connectivity index (χ3n) is 6.03. The lowest BCUT2D eigenvalue weighted by Crippen LogP contribution is -2.30. The molecule has 0 saturated carbocycles. The fraction of sp³-hybridized carbons (Fsp3) is 0.231. The van der Waals surface area contributed by atoms with Gasteiger partial charge in [0.15, 0.2) is 0 Å². The highest BCUT2D eigenvalue weighted by Gasteiger charge is 2.22. The van der Waals surface area contributed by atoms with Crippen molar-refractivity contribution in [2.24, 2.45) is 0 Å². The molecule has 150 valence electrons. The standard InChI is InChI=1S/C26H25N3O/c1-18-9-11-19(12-10-18)17-29-25-15-21(13-14-22(25)16-27-29)26(30)28-24-8-4-6-20-5-2-3-7-23(20)24/h2-3,5,7,9-16,24H,4,6,8,17H2,1H3,(H,28,30)/t24-/m0/s1. The van der Waals surface area contributed by atoms with E-state index >= 15 is 0 Å². The number of hydrogen-bond acceptors (Lipinski definition) is 2. The molecule has 1 aliphatic carbocycles. The molecular weight excluding hydrogens is 370 g/mol. The molecule has 0 bridgehead atoms. The van der Waals surface area contributed by atoms with Crippen LogP contribution in [0.3, 0.4) is 0 Å². The molecule has 1 amide bonds. The Kier molecular flexibility index (Phi) is 4.83. The number of rotatable bonds is 4. The number of amides is 1. The highest BCUT2D eigenvalue weighted by atomic mass is 16.1. The Morgan fingerprint density at radius 1 is 1.10 bits per heavy atom. The van der Waals surface area contributed by atoms with Gasteiger partial charge >= 0.3 is 0 Å². The molecule has 0 unspecified atom stereocenters. The van der Waals surface area contributed by atoms with E-state index in [0.29, 0.717) is 12.1 Å². The number of nitrogens with zero attached hydrogens (tertiary/aromatic N) is 2. The summed E-state index contributed by atoms with van der Waals surface area (Å²) >= 11 is 0. The Morgan fingerprint density at radius 3 is 2.80 bits per heavy atom. The first-order chi connectivity index (χ1) is 14.7. The van der Waals surface area contributed by atoms with Crippen molar-refractivity contribution in [2.75, 3.05) is 0 Å². The second kappa shape index (κ2) is 7.79. The lowest BCUT2D eigenvalue weighted by atomic mass is 9.87. The number of carbonyl (C=O) groups excluding carboxylic acids is 1. The monoisotopic (exact) mass is 395 g/mol. The van der Waals surface area contributed by atoms with Crippen LogP contribution in [-0.2, 0) is 13.0 Å². The van der Waals surface area contributed by atoms with Gasteiger partial charge < -0.3 is 5.32 Å². The Balaban J connectivity index is 1.39. The summed E-state index contributed by atoms with van der Waals surface area (Å²) in [6.07, 6.45) is 5.04. The zero-order valence-electron chi connectivity index (χ0n) is 17.1. The molecule has 1 aliphatic rings. The van der Waals surface area contributed by atoms with Gasteiger partial charge in [-0.2, -0.15) is 5.10 Å². The second-order valence-electron chi connectivity index (χ2n) is 8.18. The molecule has 0 saturated heterocycles. The number of carbonyl (C=O) groups is 1. The zero-order valence-corrected chi connectivity index (χ0v) is 17.1. The summed E-state index contributed by atoms with van der Waals surface area (Å²) in [6, 6.07) is 22.8. The number of aromatic nitrogens is 2. The number of hydrogen-bond donors (Lipinski definition) is 1. The van der Waals surface area contributed by atoms with Crippen LogP contribution >= 0.6 is 0 Å². The Morgan fingerprint density at radius 2 is 1.93 bits per heavy atom. The number of fused-ring (bicyclic) bond motifs is 2. The van der Waals surface area contributed by atoms with Gasteiger partial charge in [-0.15, -0.1) is 0 Å². The molecule has 0 radical (unpaired) electrons. The van der Waals surface area contributed by atoms with E-state index in [0.717, 1.165) is 30.2 Å². The third-order valence-corrected chi connectivity index (χ3v) is 6.03. The van der Waals surface area contributed by atoms with Crippen LogP contribution in [0.15, 0.2) is 72.9 Å². The normalized spacial score (nSPS) is 15.7. The van der Waals surface area contributed by atoms with Crippen LogP contribution in [0.5, 0.6) is 0 Å². The molecule has 30 heavy (non-hydrogen) atoms. The van der Waals surface area contributed by atoms with E-state index in [9.17, 15) is 4.79 Å². The van der Waals surface area contributed by atoms with Crippen LogP contribution in [0.4, 0.5) is 0 Å². The highest BCUT2D eigenvalue weighted by molar-refractivity contribution is 5.98. The summed E-state index contributed by atoms with van der Waals surface area (Å²) < 4.78 is 1.96. The van der Waals surface area contributed by atoms with E-state index in [4.69, 9.17) is 0 Å². The van der Waals surface area contributed by atoms with E-state index in [-0.39, 0.29) is 11.9 Å². The smallest absolute Gasteiger partial charge is 0.251 e. The minimum absolute atomic E-state index is 0.0262. The first kappa shape index (κ1) is 18.6. The van der Waals surface area contributed by atoms with Crippen molar-refractivity contribution in [1.29, 1.82) is 0 Å². The van der Waals surface area contributed by atoms with E-state index in [2.05, 4.69) is 65.9 Å². The van der Waals surface area contributed by atoms with Crippen molar-refractivity contribution in [2.45, 2.75) is 38.8 Å². The van der Waals surface area contributed by atoms with Gasteiger partial charge in [0.2, 0.25) is 0 Å². The predicted molar refractivity (Wildman–Crippen MR) is 120 cm³/mol. The van der Waals surface area contributed by atoms with Crippen molar-refractivity contribution < 1.29 is 4.79 Å². The minimum Gasteiger partial charge on any atom is -0.345 e. The maximum Gasteiger partial charge on any atom is 0.251 e. The molecule has 4 heteroatoms. The van der Waals surface area contributed by atoms with E-state index in [1.807, 2.05) is 29.1 Å². The minimum atomic E-state index is -0.0262. The topological polar surface area (TPSA) is 46.9 Å². The quantitative estimate of drug-likeness (QED) is 0.516. The maximum absolute atomic E-state index is 13.1. The van der Waals surface area contributed by atoms with Crippen LogP contribution < -0.4 is 5.32 Å². The van der Waals surface area contributed by atoms with Crippen molar-refractivity contribution in [3.8, 4) is 0 Å². The molecule has 1 aromatic heterocycles. The average Bonchev–Trinajstić information content (AvgIpc) is 3.17. The van der Waals surface area contributed by atoms with Gasteiger partial charge in [0.25, 0.3) is 5.91 Å². The van der Waals surface area contributed by atoms with Gasteiger partial charge in [-0.1, -0.05) is 60.2 Å². The predicted octanol–water partition coefficient (Wildman–Crippen LogP) is 5.20. The van der Waals surface area contributed by atoms with Gasteiger partial charge in [0.1, 0.15) is 0 Å². The molecule has 1 N–H and O–H groups in total. The third kappa shape index (κ3) is 3.61. The first-order valence-corrected chi connectivity index (χ1v) is 10.6. The van der Waals surface area contributed by atoms with E-state index < -0.39 is 0 Å². The fourth-order valence-corrected chi connectivity index (χ4v) is 4.35. The molecule has 5 rings (SSSR count). The molecule has 1 heterocycles. The van der Waals surface area contributed by atoms with Gasteiger partial charge in [0.05, 0.1) is 24.3 Å². The number of nitrogens with one attached hydrogen (secondary N) is 1. The SMILES string of the molecule is Cc1ccc(Cn2ncc3ccc(C(=O)N[C@H]4CCCc5ccccc54)cc32)cc1. The highest BCUT2D eigenvalue weighted by Crippen LogP contribution is 2.30. The van der Waals surface area contributed by atoms with Crippen molar-refractivity contribution in [3.63, 3.8) is 0 Å². The van der Waals surface area contributed by atoms with Crippen molar-refractivity contribution in [3.05, 3.63) is 101 Å². The Labute approximate surface area is 176 Å². The first-order valence-electron chi connectivity index (χ1n) is 10.6. The molecule has 0 spiro atoms. The van der Waals surface area contributed by atoms with E-state index in [1.54, 1.807) is 0 Å². The summed E-state index contributed by atoms with van der Waals surface area (Å²) in [7, 11) is 0. The average molecular weight is 396 g/mol. The van der Waals surface area contributed by atoms with Crippen molar-refractivity contribution in [1.82, 2.24) is 15.1 Å². The summed E-state index contributed by atoms with van der Waals surface area (Å²) in [5.74, 6) is -0.0262. The Bertz CT molecular complexity index is 1210. The van der Waals surface area contributed by atoms with Crippen LogP contribution in [0, 0.1) is 6.92 Å². The summed E-state index contributed by atoms with van der Waals surface area (Å²) in [6.45, 7) is 2.77.